The number of anilines is 1. The van der Waals surface area contributed by atoms with Gasteiger partial charge in [0.1, 0.15) is 27.9 Å². The van der Waals surface area contributed by atoms with Crippen molar-refractivity contribution in [2.24, 2.45) is 0 Å². The van der Waals surface area contributed by atoms with E-state index in [2.05, 4.69) is 25.2 Å². The molecule has 0 unspecified atom stereocenters. The van der Waals surface area contributed by atoms with Crippen molar-refractivity contribution in [1.82, 2.24) is 19.9 Å². The number of hydrogen-bond donors (Lipinski definition) is 2. The lowest BCUT2D eigenvalue weighted by Gasteiger charge is -2.26. The second-order valence-electron chi connectivity index (χ2n) is 7.41. The van der Waals surface area contributed by atoms with E-state index in [1.807, 2.05) is 18.2 Å². The van der Waals surface area contributed by atoms with Crippen molar-refractivity contribution in [3.05, 3.63) is 64.7 Å². The number of carbonyl (C=O) groups is 1. The van der Waals surface area contributed by atoms with Crippen LogP contribution in [0.25, 0.3) is 22.6 Å². The first kappa shape index (κ1) is 20.7. The fourth-order valence-corrected chi connectivity index (χ4v) is 4.34. The van der Waals surface area contributed by atoms with E-state index in [1.165, 1.54) is 6.07 Å². The first-order valence-corrected chi connectivity index (χ1v) is 10.9. The molecule has 32 heavy (non-hydrogen) atoms. The van der Waals surface area contributed by atoms with E-state index in [0.29, 0.717) is 16.5 Å². The first-order chi connectivity index (χ1) is 15.6. The lowest BCUT2D eigenvalue weighted by molar-refractivity contribution is 0.0342. The van der Waals surface area contributed by atoms with Crippen LogP contribution >= 0.6 is 11.3 Å². The predicted molar refractivity (Wildman–Crippen MR) is 118 cm³/mol. The molecule has 2 N–H and O–H groups in total. The monoisotopic (exact) mass is 455 g/mol. The molecule has 4 aromatic rings. The largest absolute Gasteiger partial charge is 0.379 e. The molecule has 0 aliphatic carbocycles. The van der Waals surface area contributed by atoms with Crippen molar-refractivity contribution in [3.63, 3.8) is 0 Å². The molecule has 2 aromatic carbocycles. The van der Waals surface area contributed by atoms with Crippen LogP contribution in [0.5, 0.6) is 0 Å². The lowest BCUT2D eigenvalue weighted by atomic mass is 10.2. The molecule has 1 aliphatic rings. The quantitative estimate of drug-likeness (QED) is 0.475. The highest BCUT2D eigenvalue weighted by Gasteiger charge is 2.21. The van der Waals surface area contributed by atoms with E-state index in [4.69, 9.17) is 4.74 Å². The molecule has 5 rings (SSSR count). The zero-order chi connectivity index (χ0) is 22.1. The van der Waals surface area contributed by atoms with Crippen LogP contribution in [0.3, 0.4) is 0 Å². The Kier molecular flexibility index (Phi) is 5.64. The Balaban J connectivity index is 1.39. The zero-order valence-corrected chi connectivity index (χ0v) is 17.7. The van der Waals surface area contributed by atoms with Crippen LogP contribution in [0.1, 0.15) is 15.9 Å². The summed E-state index contributed by atoms with van der Waals surface area (Å²) in [6, 6.07) is 9.30. The number of ether oxygens (including phenoxy) is 1. The number of aromatic nitrogens is 3. The van der Waals surface area contributed by atoms with Gasteiger partial charge in [0.25, 0.3) is 5.91 Å². The van der Waals surface area contributed by atoms with Crippen molar-refractivity contribution >= 4 is 33.3 Å². The van der Waals surface area contributed by atoms with Gasteiger partial charge in [-0.15, -0.1) is 11.3 Å². The molecular formula is C22H19F2N5O2S. The number of carbonyl (C=O) groups excluding carboxylic acids is 1. The molecule has 0 atom stereocenters. The Bertz CT molecular complexity index is 1260. The maximum atomic E-state index is 14.0. The number of aromatic amines is 1. The molecule has 0 radical (unpaired) electrons. The van der Waals surface area contributed by atoms with Gasteiger partial charge in [-0.25, -0.2) is 18.7 Å². The Morgan fingerprint density at radius 1 is 1.19 bits per heavy atom. The van der Waals surface area contributed by atoms with Gasteiger partial charge >= 0.3 is 0 Å². The fourth-order valence-electron chi connectivity index (χ4n) is 3.67. The van der Waals surface area contributed by atoms with E-state index < -0.39 is 23.1 Å². The highest BCUT2D eigenvalue weighted by atomic mass is 32.1. The molecule has 0 saturated carbocycles. The number of nitrogens with zero attached hydrogens (tertiary/aromatic N) is 3. The van der Waals surface area contributed by atoms with E-state index in [9.17, 15) is 13.6 Å². The van der Waals surface area contributed by atoms with Crippen molar-refractivity contribution in [2.45, 2.75) is 6.54 Å². The maximum absolute atomic E-state index is 14.0. The van der Waals surface area contributed by atoms with Gasteiger partial charge < -0.3 is 15.0 Å². The van der Waals surface area contributed by atoms with Gasteiger partial charge in [-0.1, -0.05) is 12.1 Å². The number of morpholine rings is 1. The number of amides is 1. The highest BCUT2D eigenvalue weighted by Crippen LogP contribution is 2.31. The molecule has 1 amide bonds. The topological polar surface area (TPSA) is 83.1 Å². The summed E-state index contributed by atoms with van der Waals surface area (Å²) in [6.07, 6.45) is 0. The number of nitrogens with one attached hydrogen (secondary N) is 2. The Morgan fingerprint density at radius 2 is 1.97 bits per heavy atom. The van der Waals surface area contributed by atoms with Crippen LogP contribution in [0, 0.1) is 11.6 Å². The van der Waals surface area contributed by atoms with Gasteiger partial charge in [-0.05, 0) is 29.8 Å². The minimum absolute atomic E-state index is 0.352. The molecule has 1 aliphatic heterocycles. The SMILES string of the molecule is O=C(Nc1scnc1-c1nc2ccc(CN3CCOCC3)cc2[nH]1)c1c(F)cccc1F. The molecule has 7 nitrogen and oxygen atoms in total. The minimum Gasteiger partial charge on any atom is -0.379 e. The number of H-pyrrole nitrogens is 1. The van der Waals surface area contributed by atoms with Crippen molar-refractivity contribution in [2.75, 3.05) is 31.6 Å². The molecule has 0 spiro atoms. The second-order valence-corrected chi connectivity index (χ2v) is 8.26. The van der Waals surface area contributed by atoms with E-state index in [0.717, 1.165) is 72.9 Å². The van der Waals surface area contributed by atoms with Crippen LogP contribution in [0.15, 0.2) is 41.9 Å². The summed E-state index contributed by atoms with van der Waals surface area (Å²) in [5.41, 5.74) is 4.07. The van der Waals surface area contributed by atoms with Crippen molar-refractivity contribution in [1.29, 1.82) is 0 Å². The number of hydrogen-bond acceptors (Lipinski definition) is 6. The molecule has 0 bridgehead atoms. The van der Waals surface area contributed by atoms with Gasteiger partial charge in [0.15, 0.2) is 5.82 Å². The summed E-state index contributed by atoms with van der Waals surface area (Å²) in [5.74, 6) is -2.26. The van der Waals surface area contributed by atoms with Gasteiger partial charge in [-0.2, -0.15) is 0 Å². The summed E-state index contributed by atoms with van der Waals surface area (Å²) in [7, 11) is 0. The number of benzene rings is 2. The lowest BCUT2D eigenvalue weighted by Crippen LogP contribution is -2.35. The average molecular weight is 455 g/mol. The molecule has 164 valence electrons. The summed E-state index contributed by atoms with van der Waals surface area (Å²) >= 11 is 1.15. The van der Waals surface area contributed by atoms with Crippen LogP contribution in [-0.2, 0) is 11.3 Å². The Hall–Kier alpha value is -3.21. The Morgan fingerprint density at radius 3 is 2.75 bits per heavy atom. The molecule has 3 heterocycles. The van der Waals surface area contributed by atoms with Gasteiger partial charge in [0, 0.05) is 19.6 Å². The normalized spacial score (nSPS) is 14.7. The second kappa shape index (κ2) is 8.73. The van der Waals surface area contributed by atoms with Gasteiger partial charge in [0.2, 0.25) is 0 Å². The first-order valence-electron chi connectivity index (χ1n) is 10.1. The van der Waals surface area contributed by atoms with Crippen LogP contribution in [0.2, 0.25) is 0 Å². The van der Waals surface area contributed by atoms with Crippen molar-refractivity contribution < 1.29 is 18.3 Å². The average Bonchev–Trinajstić information content (AvgIpc) is 3.40. The summed E-state index contributed by atoms with van der Waals surface area (Å²) < 4.78 is 33.3. The fraction of sp³-hybridized carbons (Fsp3) is 0.227. The maximum Gasteiger partial charge on any atom is 0.262 e. The van der Waals surface area contributed by atoms with Crippen molar-refractivity contribution in [3.8, 4) is 11.5 Å². The molecule has 1 fully saturated rings. The third-order valence-electron chi connectivity index (χ3n) is 5.26. The number of halogens is 2. The van der Waals surface area contributed by atoms with Gasteiger partial charge in [0.05, 0.1) is 29.8 Å². The Labute approximate surface area is 186 Å². The van der Waals surface area contributed by atoms with Gasteiger partial charge in [-0.3, -0.25) is 9.69 Å². The van der Waals surface area contributed by atoms with Crippen LogP contribution < -0.4 is 5.32 Å². The number of thiazole rings is 1. The molecule has 2 aromatic heterocycles. The summed E-state index contributed by atoms with van der Waals surface area (Å²) in [4.78, 5) is 26.9. The minimum atomic E-state index is -0.926. The standard InChI is InChI=1S/C22H19F2N5O2S/c23-14-2-1-3-15(24)18(14)21(30)28-22-19(25-12-32-22)20-26-16-5-4-13(10-17(16)27-20)11-29-6-8-31-9-7-29/h1-5,10,12H,6-9,11H2,(H,26,27)(H,28,30). The van der Waals surface area contributed by atoms with Crippen LogP contribution in [-0.4, -0.2) is 52.1 Å². The summed E-state index contributed by atoms with van der Waals surface area (Å²) in [5, 5.41) is 2.91. The molecule has 10 heteroatoms. The third kappa shape index (κ3) is 4.12. The number of fused-ring (bicyclic) bond motifs is 1. The predicted octanol–water partition coefficient (Wildman–Crippen LogP) is 4.05. The molecule has 1 saturated heterocycles. The van der Waals surface area contributed by atoms with Crippen LogP contribution in [0.4, 0.5) is 13.8 Å². The zero-order valence-electron chi connectivity index (χ0n) is 16.9. The van der Waals surface area contributed by atoms with E-state index >= 15 is 0 Å². The molecular weight excluding hydrogens is 436 g/mol. The number of imidazole rings is 1. The number of rotatable bonds is 5. The highest BCUT2D eigenvalue weighted by molar-refractivity contribution is 7.14. The smallest absolute Gasteiger partial charge is 0.262 e. The third-order valence-corrected chi connectivity index (χ3v) is 6.01. The van der Waals surface area contributed by atoms with E-state index in [-0.39, 0.29) is 0 Å². The van der Waals surface area contributed by atoms with E-state index in [1.54, 1.807) is 5.51 Å². The summed E-state index contributed by atoms with van der Waals surface area (Å²) in [6.45, 7) is 4.10.